The van der Waals surface area contributed by atoms with E-state index in [0.29, 0.717) is 6.42 Å². The van der Waals surface area contributed by atoms with Crippen LogP contribution in [0.25, 0.3) is 0 Å². The molecule has 0 aliphatic rings. The first-order chi connectivity index (χ1) is 14.5. The zero-order chi connectivity index (χ0) is 22.5. The fourth-order valence-corrected chi connectivity index (χ4v) is 3.58. The Morgan fingerprint density at radius 3 is 1.47 bits per heavy atom. The Kier molecular flexibility index (Phi) is 19.6. The number of carboxylic acids is 1. The summed E-state index contributed by atoms with van der Waals surface area (Å²) in [4.78, 5) is 23.6. The minimum Gasteiger partial charge on any atom is -0.480 e. The van der Waals surface area contributed by atoms with Crippen LogP contribution in [-0.4, -0.2) is 41.4 Å². The number of aliphatic carboxylic acids is 1. The molecule has 0 spiro atoms. The molecule has 1 amide bonds. The first-order valence-electron chi connectivity index (χ1n) is 12.3. The van der Waals surface area contributed by atoms with Gasteiger partial charge in [-0.25, -0.2) is 0 Å². The van der Waals surface area contributed by atoms with Gasteiger partial charge in [-0.05, 0) is 6.42 Å². The molecule has 30 heavy (non-hydrogen) atoms. The number of likely N-dealkylation sites (N-methyl/N-ethyl adjacent to an activating group) is 1. The molecule has 0 saturated carbocycles. The number of hydrogen-bond donors (Lipinski definition) is 3. The SMILES string of the molecule is CCCCCCCCCCCCCCCCCCCC(=O)NC(=N)N(C)CC(=O)O. The van der Waals surface area contributed by atoms with Crippen LogP contribution in [0.4, 0.5) is 0 Å². The van der Waals surface area contributed by atoms with E-state index in [4.69, 9.17) is 10.5 Å². The average Bonchev–Trinajstić information content (AvgIpc) is 2.69. The number of hydrogen-bond acceptors (Lipinski definition) is 3. The Morgan fingerprint density at radius 1 is 0.733 bits per heavy atom. The molecule has 0 aromatic rings. The highest BCUT2D eigenvalue weighted by Gasteiger charge is 2.11. The van der Waals surface area contributed by atoms with E-state index in [2.05, 4.69) is 12.2 Å². The number of carbonyl (C=O) groups excluding carboxylic acids is 1. The molecule has 0 aliphatic carbocycles. The fourth-order valence-electron chi connectivity index (χ4n) is 3.58. The fraction of sp³-hybridized carbons (Fsp3) is 0.875. The summed E-state index contributed by atoms with van der Waals surface area (Å²) in [7, 11) is 1.48. The molecule has 0 rings (SSSR count). The Morgan fingerprint density at radius 2 is 1.10 bits per heavy atom. The summed E-state index contributed by atoms with van der Waals surface area (Å²) >= 11 is 0. The van der Waals surface area contributed by atoms with Gasteiger partial charge in [-0.15, -0.1) is 0 Å². The van der Waals surface area contributed by atoms with Crippen LogP contribution >= 0.6 is 0 Å². The topological polar surface area (TPSA) is 93.5 Å². The van der Waals surface area contributed by atoms with E-state index < -0.39 is 5.97 Å². The summed E-state index contributed by atoms with van der Waals surface area (Å²) in [6.45, 7) is 1.97. The molecule has 0 fully saturated rings. The molecule has 0 radical (unpaired) electrons. The first kappa shape index (κ1) is 28.4. The van der Waals surface area contributed by atoms with Gasteiger partial charge in [0.25, 0.3) is 0 Å². The molecule has 0 heterocycles. The zero-order valence-electron chi connectivity index (χ0n) is 19.6. The van der Waals surface area contributed by atoms with Crippen molar-refractivity contribution in [2.24, 2.45) is 0 Å². The predicted octanol–water partition coefficient (Wildman–Crippen LogP) is 6.10. The molecule has 6 nitrogen and oxygen atoms in total. The normalized spacial score (nSPS) is 10.7. The van der Waals surface area contributed by atoms with Crippen molar-refractivity contribution in [3.63, 3.8) is 0 Å². The predicted molar refractivity (Wildman–Crippen MR) is 125 cm³/mol. The van der Waals surface area contributed by atoms with Gasteiger partial charge in [0, 0.05) is 13.5 Å². The number of nitrogens with zero attached hydrogens (tertiary/aromatic N) is 1. The number of guanidine groups is 1. The lowest BCUT2D eigenvalue weighted by Gasteiger charge is -2.17. The van der Waals surface area contributed by atoms with Crippen LogP contribution in [0.15, 0.2) is 0 Å². The lowest BCUT2D eigenvalue weighted by molar-refractivity contribution is -0.137. The number of carbonyl (C=O) groups is 2. The minimum atomic E-state index is -1.02. The number of carboxylic acid groups (broad SMARTS) is 1. The summed E-state index contributed by atoms with van der Waals surface area (Å²) in [5.74, 6) is -1.39. The molecule has 3 N–H and O–H groups in total. The van der Waals surface area contributed by atoms with Crippen LogP contribution in [0.5, 0.6) is 0 Å². The van der Waals surface area contributed by atoms with Gasteiger partial charge in [0.2, 0.25) is 5.91 Å². The highest BCUT2D eigenvalue weighted by Crippen LogP contribution is 2.14. The maximum absolute atomic E-state index is 11.8. The van der Waals surface area contributed by atoms with Crippen molar-refractivity contribution < 1.29 is 14.7 Å². The Balaban J connectivity index is 3.32. The van der Waals surface area contributed by atoms with E-state index in [9.17, 15) is 9.59 Å². The quantitative estimate of drug-likeness (QED) is 0.125. The van der Waals surface area contributed by atoms with Gasteiger partial charge in [-0.1, -0.05) is 110 Å². The third kappa shape index (κ3) is 19.7. The van der Waals surface area contributed by atoms with E-state index in [1.807, 2.05) is 0 Å². The smallest absolute Gasteiger partial charge is 0.323 e. The summed E-state index contributed by atoms with van der Waals surface area (Å²) in [5.41, 5.74) is 0. The summed E-state index contributed by atoms with van der Waals surface area (Å²) in [6, 6.07) is 0. The van der Waals surface area contributed by atoms with Crippen LogP contribution in [0.3, 0.4) is 0 Å². The summed E-state index contributed by atoms with van der Waals surface area (Å²) < 4.78 is 0. The van der Waals surface area contributed by atoms with Gasteiger partial charge in [0.1, 0.15) is 6.54 Å². The van der Waals surface area contributed by atoms with Crippen LogP contribution in [0.2, 0.25) is 0 Å². The lowest BCUT2D eigenvalue weighted by atomic mass is 10.0. The molecular formula is C24H47N3O3. The molecule has 0 atom stereocenters. The molecule has 6 heteroatoms. The standard InChI is InChI=1S/C24H47N3O3/c1-3-4-5-6-7-8-9-10-11-12-13-14-15-16-17-18-19-20-22(28)26-24(25)27(2)21-23(29)30/h3-21H2,1-2H3,(H,29,30)(H2,25,26,28). The second-order valence-corrected chi connectivity index (χ2v) is 8.55. The molecule has 0 aliphatic heterocycles. The third-order valence-electron chi connectivity index (χ3n) is 5.52. The van der Waals surface area contributed by atoms with Crippen molar-refractivity contribution in [1.29, 1.82) is 5.41 Å². The van der Waals surface area contributed by atoms with Crippen molar-refractivity contribution in [1.82, 2.24) is 10.2 Å². The average molecular weight is 426 g/mol. The van der Waals surface area contributed by atoms with Gasteiger partial charge in [-0.3, -0.25) is 20.3 Å². The van der Waals surface area contributed by atoms with Gasteiger partial charge in [0.05, 0.1) is 0 Å². The summed E-state index contributed by atoms with van der Waals surface area (Å²) in [6.07, 6.45) is 22.6. The van der Waals surface area contributed by atoms with Crippen LogP contribution in [0.1, 0.15) is 122 Å². The zero-order valence-corrected chi connectivity index (χ0v) is 19.6. The second kappa shape index (κ2) is 20.7. The number of amides is 1. The lowest BCUT2D eigenvalue weighted by Crippen LogP contribution is -2.43. The van der Waals surface area contributed by atoms with Crippen molar-refractivity contribution in [3.05, 3.63) is 0 Å². The van der Waals surface area contributed by atoms with E-state index in [1.54, 1.807) is 0 Å². The number of unbranched alkanes of at least 4 members (excludes halogenated alkanes) is 16. The van der Waals surface area contributed by atoms with Gasteiger partial charge in [0.15, 0.2) is 5.96 Å². The van der Waals surface area contributed by atoms with E-state index in [1.165, 1.54) is 102 Å². The van der Waals surface area contributed by atoms with Crippen LogP contribution in [-0.2, 0) is 9.59 Å². The van der Waals surface area contributed by atoms with Crippen molar-refractivity contribution in [2.75, 3.05) is 13.6 Å². The Hall–Kier alpha value is -1.59. The molecule has 0 aromatic heterocycles. The molecule has 0 aromatic carbocycles. The molecule has 0 bridgehead atoms. The largest absolute Gasteiger partial charge is 0.480 e. The van der Waals surface area contributed by atoms with E-state index in [0.717, 1.165) is 19.3 Å². The summed E-state index contributed by atoms with van der Waals surface area (Å²) in [5, 5.41) is 18.8. The third-order valence-corrected chi connectivity index (χ3v) is 5.52. The van der Waals surface area contributed by atoms with Crippen molar-refractivity contribution in [2.45, 2.75) is 122 Å². The van der Waals surface area contributed by atoms with Crippen molar-refractivity contribution >= 4 is 17.8 Å². The molecule has 176 valence electrons. The van der Waals surface area contributed by atoms with Crippen molar-refractivity contribution in [3.8, 4) is 0 Å². The molecule has 0 saturated heterocycles. The Bertz CT molecular complexity index is 455. The number of rotatable bonds is 20. The number of nitrogens with one attached hydrogen (secondary N) is 2. The highest BCUT2D eigenvalue weighted by atomic mass is 16.4. The maximum atomic E-state index is 11.8. The maximum Gasteiger partial charge on any atom is 0.323 e. The first-order valence-corrected chi connectivity index (χ1v) is 12.3. The van der Waals surface area contributed by atoms with Crippen LogP contribution in [0, 0.1) is 5.41 Å². The van der Waals surface area contributed by atoms with Gasteiger partial charge < -0.3 is 10.0 Å². The second-order valence-electron chi connectivity index (χ2n) is 8.55. The minimum absolute atomic E-state index is 0.158. The molecule has 0 unspecified atom stereocenters. The Labute approximate surface area is 184 Å². The van der Waals surface area contributed by atoms with E-state index >= 15 is 0 Å². The van der Waals surface area contributed by atoms with Gasteiger partial charge >= 0.3 is 5.97 Å². The highest BCUT2D eigenvalue weighted by molar-refractivity contribution is 5.96. The molecular weight excluding hydrogens is 378 g/mol. The van der Waals surface area contributed by atoms with Crippen LogP contribution < -0.4 is 5.32 Å². The van der Waals surface area contributed by atoms with E-state index in [-0.39, 0.29) is 18.4 Å². The monoisotopic (exact) mass is 425 g/mol. The van der Waals surface area contributed by atoms with Gasteiger partial charge in [-0.2, -0.15) is 0 Å².